The number of benzene rings is 1. The minimum absolute atomic E-state index is 0.0132. The largest absolute Gasteiger partial charge is 0.497 e. The molecule has 0 fully saturated rings. The molecule has 1 N–H and O–H groups in total. The van der Waals surface area contributed by atoms with E-state index in [9.17, 15) is 13.2 Å². The number of terminal acetylenes is 1. The highest BCUT2D eigenvalue weighted by Gasteiger charge is 2.37. The van der Waals surface area contributed by atoms with Crippen molar-refractivity contribution in [1.82, 2.24) is 5.06 Å². The van der Waals surface area contributed by atoms with E-state index in [0.717, 1.165) is 5.06 Å². The van der Waals surface area contributed by atoms with Crippen LogP contribution >= 0.6 is 0 Å². The van der Waals surface area contributed by atoms with E-state index in [-0.39, 0.29) is 12.3 Å². The average Bonchev–Trinajstić information content (AvgIpc) is 2.53. The third-order valence-corrected chi connectivity index (χ3v) is 4.64. The Morgan fingerprint density at radius 3 is 2.22 bits per heavy atom. The normalized spacial score (nSPS) is 13.0. The van der Waals surface area contributed by atoms with Gasteiger partial charge in [-0.25, -0.2) is 8.42 Å². The van der Waals surface area contributed by atoms with E-state index in [4.69, 9.17) is 16.0 Å². The van der Waals surface area contributed by atoms with Gasteiger partial charge < -0.3 is 4.74 Å². The smallest absolute Gasteiger partial charge is 0.268 e. The number of carbonyl (C=O) groups excluding carboxylic acids is 1. The summed E-state index contributed by atoms with van der Waals surface area (Å²) in [6, 6.07) is 6.29. The van der Waals surface area contributed by atoms with Crippen molar-refractivity contribution in [1.29, 1.82) is 0 Å². The predicted octanol–water partition coefficient (Wildman–Crippen LogP) is 3.00. The number of carbonyl (C=O) groups is 1. The zero-order chi connectivity index (χ0) is 20.8. The number of anilines is 1. The third kappa shape index (κ3) is 7.12. The molecule has 0 aliphatic heterocycles. The van der Waals surface area contributed by atoms with E-state index in [2.05, 4.69) is 10.6 Å². The molecule has 0 aliphatic rings. The first-order valence-corrected chi connectivity index (χ1v) is 10.1. The molecule has 0 aromatic heterocycles. The number of rotatable bonds is 8. The summed E-state index contributed by atoms with van der Waals surface area (Å²) in [6.07, 6.45) is 5.59. The maximum Gasteiger partial charge on any atom is 0.268 e. The number of ether oxygens (including phenoxy) is 1. The standard InChI is InChI=1S/C19H28N2O5S/c1-8-18(21(26-19(4,5)6)17(22)13-14(2)3)27(23,24)20-15-9-11-16(25-7)12-10-15/h1,9-12,14,18,20H,13H2,2-7H3/t18-/m1/s1. The van der Waals surface area contributed by atoms with E-state index < -0.39 is 26.9 Å². The molecule has 8 heteroatoms. The minimum Gasteiger partial charge on any atom is -0.497 e. The van der Waals surface area contributed by atoms with Gasteiger partial charge in [-0.15, -0.1) is 6.42 Å². The number of amides is 1. The summed E-state index contributed by atoms with van der Waals surface area (Å²) >= 11 is 0. The molecule has 1 atom stereocenters. The highest BCUT2D eigenvalue weighted by atomic mass is 32.2. The van der Waals surface area contributed by atoms with Crippen LogP contribution in [0.4, 0.5) is 5.69 Å². The van der Waals surface area contributed by atoms with E-state index in [0.29, 0.717) is 11.4 Å². The van der Waals surface area contributed by atoms with Crippen LogP contribution < -0.4 is 9.46 Å². The van der Waals surface area contributed by atoms with Crippen LogP contribution in [0.1, 0.15) is 41.0 Å². The lowest BCUT2D eigenvalue weighted by Crippen LogP contribution is -2.49. The first-order chi connectivity index (χ1) is 12.4. The lowest BCUT2D eigenvalue weighted by molar-refractivity contribution is -0.227. The van der Waals surface area contributed by atoms with Crippen molar-refractivity contribution in [2.45, 2.75) is 52.0 Å². The van der Waals surface area contributed by atoms with Crippen LogP contribution in [0.2, 0.25) is 0 Å². The van der Waals surface area contributed by atoms with Crippen molar-refractivity contribution in [2.75, 3.05) is 11.8 Å². The zero-order valence-electron chi connectivity index (χ0n) is 16.6. The predicted molar refractivity (Wildman–Crippen MR) is 105 cm³/mol. The molecule has 150 valence electrons. The summed E-state index contributed by atoms with van der Waals surface area (Å²) in [5.74, 6) is 2.26. The van der Waals surface area contributed by atoms with Gasteiger partial charge >= 0.3 is 0 Å². The van der Waals surface area contributed by atoms with Gasteiger partial charge in [0.1, 0.15) is 5.75 Å². The van der Waals surface area contributed by atoms with E-state index in [1.807, 2.05) is 13.8 Å². The summed E-state index contributed by atoms with van der Waals surface area (Å²) in [5.41, 5.74) is -0.514. The fourth-order valence-corrected chi connectivity index (χ4v) is 3.29. The van der Waals surface area contributed by atoms with Gasteiger partial charge in [-0.1, -0.05) is 19.8 Å². The number of nitrogens with one attached hydrogen (secondary N) is 1. The Morgan fingerprint density at radius 2 is 1.81 bits per heavy atom. The minimum atomic E-state index is -4.14. The van der Waals surface area contributed by atoms with Crippen molar-refractivity contribution in [2.24, 2.45) is 5.92 Å². The zero-order valence-corrected chi connectivity index (χ0v) is 17.5. The van der Waals surface area contributed by atoms with Crippen LogP contribution in [0.15, 0.2) is 24.3 Å². The summed E-state index contributed by atoms with van der Waals surface area (Å²) in [4.78, 5) is 18.2. The lowest BCUT2D eigenvalue weighted by Gasteiger charge is -2.33. The van der Waals surface area contributed by atoms with Crippen molar-refractivity contribution < 1.29 is 22.8 Å². The van der Waals surface area contributed by atoms with Crippen LogP contribution in [-0.4, -0.2) is 37.5 Å². The Balaban J connectivity index is 3.18. The van der Waals surface area contributed by atoms with Crippen molar-refractivity contribution >= 4 is 21.6 Å². The second-order valence-corrected chi connectivity index (χ2v) is 9.16. The monoisotopic (exact) mass is 396 g/mol. The van der Waals surface area contributed by atoms with Gasteiger partial charge in [0, 0.05) is 12.1 Å². The SMILES string of the molecule is C#C[C@H](N(OC(C)(C)C)C(=O)CC(C)C)S(=O)(=O)Nc1ccc(OC)cc1. The topological polar surface area (TPSA) is 84.9 Å². The maximum atomic E-state index is 12.8. The Labute approximate surface area is 162 Å². The van der Waals surface area contributed by atoms with Crippen LogP contribution in [0.25, 0.3) is 0 Å². The van der Waals surface area contributed by atoms with Crippen LogP contribution in [-0.2, 0) is 19.7 Å². The van der Waals surface area contributed by atoms with E-state index in [1.54, 1.807) is 32.9 Å². The Morgan fingerprint density at radius 1 is 1.26 bits per heavy atom. The van der Waals surface area contributed by atoms with Gasteiger partial charge in [0.05, 0.1) is 12.7 Å². The summed E-state index contributed by atoms with van der Waals surface area (Å²) in [6.45, 7) is 8.82. The molecular formula is C19H28N2O5S. The molecule has 7 nitrogen and oxygen atoms in total. The van der Waals surface area contributed by atoms with E-state index in [1.165, 1.54) is 19.2 Å². The summed E-state index contributed by atoms with van der Waals surface area (Å²) < 4.78 is 33.1. The Hall–Kier alpha value is -2.24. The molecule has 0 saturated heterocycles. The molecule has 0 radical (unpaired) electrons. The average molecular weight is 397 g/mol. The van der Waals surface area contributed by atoms with Gasteiger partial charge in [0.2, 0.25) is 11.3 Å². The van der Waals surface area contributed by atoms with E-state index >= 15 is 0 Å². The third-order valence-electron chi connectivity index (χ3n) is 3.20. The summed E-state index contributed by atoms with van der Waals surface area (Å²) in [5, 5.41) is -0.837. The first-order valence-electron chi connectivity index (χ1n) is 8.52. The number of hydrogen-bond donors (Lipinski definition) is 1. The first kappa shape index (κ1) is 22.8. The molecule has 0 unspecified atom stereocenters. The quantitative estimate of drug-likeness (QED) is 0.539. The number of hydrogen-bond acceptors (Lipinski definition) is 5. The van der Waals surface area contributed by atoms with Crippen molar-refractivity contribution in [3.8, 4) is 18.1 Å². The Kier molecular flexibility index (Phi) is 7.69. The number of hydroxylamine groups is 2. The highest BCUT2D eigenvalue weighted by Crippen LogP contribution is 2.22. The van der Waals surface area contributed by atoms with Crippen LogP contribution in [0.3, 0.4) is 0 Å². The van der Waals surface area contributed by atoms with Gasteiger partial charge in [-0.05, 0) is 51.0 Å². The second-order valence-electron chi connectivity index (χ2n) is 7.42. The molecule has 0 saturated carbocycles. The number of nitrogens with zero attached hydrogens (tertiary/aromatic N) is 1. The molecule has 1 amide bonds. The molecule has 1 aromatic rings. The Bertz CT molecular complexity index is 774. The molecule has 0 spiro atoms. The lowest BCUT2D eigenvalue weighted by atomic mass is 10.1. The number of methoxy groups -OCH3 is 1. The molecule has 27 heavy (non-hydrogen) atoms. The van der Waals surface area contributed by atoms with Gasteiger partial charge in [-0.3, -0.25) is 14.4 Å². The van der Waals surface area contributed by atoms with Crippen molar-refractivity contribution in [3.63, 3.8) is 0 Å². The molecule has 1 aromatic carbocycles. The summed E-state index contributed by atoms with van der Waals surface area (Å²) in [7, 11) is -2.63. The van der Waals surface area contributed by atoms with Crippen molar-refractivity contribution in [3.05, 3.63) is 24.3 Å². The van der Waals surface area contributed by atoms with Gasteiger partial charge in [-0.2, -0.15) is 5.06 Å². The fraction of sp³-hybridized carbons (Fsp3) is 0.526. The van der Waals surface area contributed by atoms with Crippen LogP contribution in [0.5, 0.6) is 5.75 Å². The highest BCUT2D eigenvalue weighted by molar-refractivity contribution is 7.93. The molecular weight excluding hydrogens is 368 g/mol. The molecule has 1 rings (SSSR count). The van der Waals surface area contributed by atoms with Crippen LogP contribution in [0, 0.1) is 18.3 Å². The maximum absolute atomic E-state index is 12.8. The molecule has 0 heterocycles. The number of sulfonamides is 1. The fourth-order valence-electron chi connectivity index (χ4n) is 2.13. The van der Waals surface area contributed by atoms with Gasteiger partial charge in [0.25, 0.3) is 10.0 Å². The molecule has 0 aliphatic carbocycles. The van der Waals surface area contributed by atoms with Gasteiger partial charge in [0.15, 0.2) is 0 Å². The molecule has 0 bridgehead atoms. The second kappa shape index (κ2) is 9.11.